The summed E-state index contributed by atoms with van der Waals surface area (Å²) in [4.78, 5) is 8.90. The minimum atomic E-state index is 0.448. The molecule has 0 aliphatic heterocycles. The van der Waals surface area contributed by atoms with E-state index >= 15 is 0 Å². The molecule has 0 aliphatic carbocycles. The first-order valence-corrected chi connectivity index (χ1v) is 7.66. The van der Waals surface area contributed by atoms with Crippen molar-refractivity contribution in [2.75, 3.05) is 0 Å². The zero-order valence-electron chi connectivity index (χ0n) is 12.3. The maximum Gasteiger partial charge on any atom is 0.138 e. The third kappa shape index (κ3) is 2.99. The van der Waals surface area contributed by atoms with Crippen LogP contribution in [0.4, 0.5) is 5.69 Å². The Hall–Kier alpha value is -1.90. The molecule has 4 heteroatoms. The van der Waals surface area contributed by atoms with Crippen molar-refractivity contribution in [3.63, 3.8) is 0 Å². The molecular weight excluding hydrogens is 315 g/mol. The number of fused-ring (bicyclic) bond motifs is 1. The van der Waals surface area contributed by atoms with Gasteiger partial charge in [0.2, 0.25) is 0 Å². The smallest absolute Gasteiger partial charge is 0.138 e. The van der Waals surface area contributed by atoms with Crippen LogP contribution in [0.2, 0.25) is 10.2 Å². The lowest BCUT2D eigenvalue weighted by atomic mass is 10.1. The highest BCUT2D eigenvalue weighted by Crippen LogP contribution is 2.24. The second kappa shape index (κ2) is 6.07. The molecule has 0 saturated heterocycles. The number of aryl methyl sites for hydroxylation is 2. The summed E-state index contributed by atoms with van der Waals surface area (Å²) in [6, 6.07) is 13.7. The molecule has 0 unspecified atom stereocenters. The van der Waals surface area contributed by atoms with E-state index in [2.05, 4.69) is 9.98 Å². The highest BCUT2D eigenvalue weighted by molar-refractivity contribution is 6.32. The Labute approximate surface area is 139 Å². The average Bonchev–Trinajstić information content (AvgIpc) is 2.49. The van der Waals surface area contributed by atoms with E-state index in [1.54, 1.807) is 6.21 Å². The lowest BCUT2D eigenvalue weighted by Gasteiger charge is -2.04. The molecule has 0 spiro atoms. The summed E-state index contributed by atoms with van der Waals surface area (Å²) in [5.74, 6) is 0. The van der Waals surface area contributed by atoms with Crippen LogP contribution in [0, 0.1) is 13.8 Å². The van der Waals surface area contributed by atoms with Gasteiger partial charge in [0, 0.05) is 22.2 Å². The Morgan fingerprint density at radius 3 is 2.59 bits per heavy atom. The van der Waals surface area contributed by atoms with Crippen LogP contribution in [0.1, 0.15) is 16.7 Å². The summed E-state index contributed by atoms with van der Waals surface area (Å²) in [6.07, 6.45) is 1.72. The summed E-state index contributed by atoms with van der Waals surface area (Å²) in [7, 11) is 0. The van der Waals surface area contributed by atoms with E-state index < -0.39 is 0 Å². The fraction of sp³-hybridized carbons (Fsp3) is 0.111. The second-order valence-electron chi connectivity index (χ2n) is 5.21. The standard InChI is InChI=1S/C18H14Cl2N2/c1-11-6-7-15(9-16(11)19)21-10-14-8-13-5-3-4-12(2)17(13)22-18(14)20/h3-10H,1-2H3. The molecule has 3 aromatic rings. The summed E-state index contributed by atoms with van der Waals surface area (Å²) in [5.41, 5.74) is 4.63. The van der Waals surface area contributed by atoms with Gasteiger partial charge >= 0.3 is 0 Å². The number of benzene rings is 2. The van der Waals surface area contributed by atoms with Crippen LogP contribution in [0.5, 0.6) is 0 Å². The third-order valence-electron chi connectivity index (χ3n) is 3.54. The van der Waals surface area contributed by atoms with Crippen molar-refractivity contribution < 1.29 is 0 Å². The first-order chi connectivity index (χ1) is 10.5. The first-order valence-electron chi connectivity index (χ1n) is 6.91. The molecule has 2 aromatic carbocycles. The van der Waals surface area contributed by atoms with Gasteiger partial charge in [-0.1, -0.05) is 47.5 Å². The van der Waals surface area contributed by atoms with Gasteiger partial charge < -0.3 is 0 Å². The first kappa shape index (κ1) is 15.0. The second-order valence-corrected chi connectivity index (χ2v) is 5.97. The van der Waals surface area contributed by atoms with Crippen molar-refractivity contribution >= 4 is 46.0 Å². The molecule has 1 aromatic heterocycles. The Balaban J connectivity index is 2.01. The molecule has 2 nitrogen and oxygen atoms in total. The molecule has 0 amide bonds. The topological polar surface area (TPSA) is 25.2 Å². The number of pyridine rings is 1. The van der Waals surface area contributed by atoms with Gasteiger partial charge in [-0.15, -0.1) is 0 Å². The number of rotatable bonds is 2. The van der Waals surface area contributed by atoms with Crippen LogP contribution in [0.3, 0.4) is 0 Å². The van der Waals surface area contributed by atoms with Crippen LogP contribution in [-0.4, -0.2) is 11.2 Å². The molecule has 0 N–H and O–H groups in total. The summed E-state index contributed by atoms with van der Waals surface area (Å²) in [6.45, 7) is 3.98. The molecule has 110 valence electrons. The van der Waals surface area contributed by atoms with E-state index in [4.69, 9.17) is 23.2 Å². The van der Waals surface area contributed by atoms with Gasteiger partial charge in [0.25, 0.3) is 0 Å². The number of para-hydroxylation sites is 1. The number of hydrogen-bond donors (Lipinski definition) is 0. The Bertz CT molecular complexity index is 886. The van der Waals surface area contributed by atoms with Gasteiger partial charge in [-0.2, -0.15) is 0 Å². The van der Waals surface area contributed by atoms with Crippen LogP contribution in [0.15, 0.2) is 47.5 Å². The van der Waals surface area contributed by atoms with E-state index in [9.17, 15) is 0 Å². The third-order valence-corrected chi connectivity index (χ3v) is 4.25. The molecule has 0 radical (unpaired) electrons. The quantitative estimate of drug-likeness (QED) is 0.424. The number of halogens is 2. The van der Waals surface area contributed by atoms with Crippen LogP contribution >= 0.6 is 23.2 Å². The number of aliphatic imine (C=N–C) groups is 1. The summed E-state index contributed by atoms with van der Waals surface area (Å²) < 4.78 is 0. The van der Waals surface area contributed by atoms with E-state index in [1.165, 1.54) is 0 Å². The van der Waals surface area contributed by atoms with Crippen LogP contribution in [-0.2, 0) is 0 Å². The van der Waals surface area contributed by atoms with Gasteiger partial charge in [0.1, 0.15) is 5.15 Å². The lowest BCUT2D eigenvalue weighted by molar-refractivity contribution is 1.35. The van der Waals surface area contributed by atoms with E-state index in [0.29, 0.717) is 10.2 Å². The molecule has 0 fully saturated rings. The molecular formula is C18H14Cl2N2. The molecule has 0 aliphatic rings. The summed E-state index contributed by atoms with van der Waals surface area (Å²) in [5, 5.41) is 2.20. The number of aromatic nitrogens is 1. The Kier molecular flexibility index (Phi) is 4.14. The van der Waals surface area contributed by atoms with Crippen molar-refractivity contribution in [1.82, 2.24) is 4.98 Å². The van der Waals surface area contributed by atoms with Gasteiger partial charge in [0.15, 0.2) is 0 Å². The number of nitrogens with zero attached hydrogens (tertiary/aromatic N) is 2. The lowest BCUT2D eigenvalue weighted by Crippen LogP contribution is -1.90. The minimum Gasteiger partial charge on any atom is -0.256 e. The number of hydrogen-bond acceptors (Lipinski definition) is 2. The van der Waals surface area contributed by atoms with Crippen LogP contribution < -0.4 is 0 Å². The van der Waals surface area contributed by atoms with Gasteiger partial charge in [-0.25, -0.2) is 4.98 Å². The zero-order chi connectivity index (χ0) is 15.7. The fourth-order valence-electron chi connectivity index (χ4n) is 2.24. The Morgan fingerprint density at radius 2 is 1.82 bits per heavy atom. The molecule has 3 rings (SSSR count). The highest BCUT2D eigenvalue weighted by atomic mass is 35.5. The van der Waals surface area contributed by atoms with Crippen LogP contribution in [0.25, 0.3) is 10.9 Å². The zero-order valence-corrected chi connectivity index (χ0v) is 13.8. The fourth-order valence-corrected chi connectivity index (χ4v) is 2.60. The normalized spacial score (nSPS) is 11.5. The van der Waals surface area contributed by atoms with E-state index in [1.807, 2.05) is 56.3 Å². The van der Waals surface area contributed by atoms with Crippen molar-refractivity contribution in [2.45, 2.75) is 13.8 Å². The Morgan fingerprint density at radius 1 is 1.00 bits per heavy atom. The molecule has 0 atom stereocenters. The van der Waals surface area contributed by atoms with Gasteiger partial charge in [0.05, 0.1) is 11.2 Å². The predicted molar refractivity (Wildman–Crippen MR) is 94.9 cm³/mol. The molecule has 22 heavy (non-hydrogen) atoms. The summed E-state index contributed by atoms with van der Waals surface area (Å²) >= 11 is 12.4. The largest absolute Gasteiger partial charge is 0.256 e. The minimum absolute atomic E-state index is 0.448. The maximum atomic E-state index is 6.27. The van der Waals surface area contributed by atoms with Crippen molar-refractivity contribution in [3.05, 3.63) is 69.3 Å². The maximum absolute atomic E-state index is 6.27. The van der Waals surface area contributed by atoms with Crippen molar-refractivity contribution in [3.8, 4) is 0 Å². The molecule has 0 bridgehead atoms. The van der Waals surface area contributed by atoms with Gasteiger partial charge in [-0.05, 0) is 43.2 Å². The van der Waals surface area contributed by atoms with Crippen molar-refractivity contribution in [1.29, 1.82) is 0 Å². The molecule has 0 saturated carbocycles. The van der Waals surface area contributed by atoms with Gasteiger partial charge in [-0.3, -0.25) is 4.99 Å². The van der Waals surface area contributed by atoms with E-state index in [0.717, 1.165) is 33.3 Å². The predicted octanol–water partition coefficient (Wildman–Crippen LogP) is 5.91. The average molecular weight is 329 g/mol. The monoisotopic (exact) mass is 328 g/mol. The SMILES string of the molecule is Cc1ccc(N=Cc2cc3cccc(C)c3nc2Cl)cc1Cl. The highest BCUT2D eigenvalue weighted by Gasteiger charge is 2.05. The van der Waals surface area contributed by atoms with E-state index in [-0.39, 0.29) is 0 Å². The molecule has 1 heterocycles. The van der Waals surface area contributed by atoms with Crippen molar-refractivity contribution in [2.24, 2.45) is 4.99 Å².